The fraction of sp³-hybridized carbons (Fsp3) is 0.600. The van der Waals surface area contributed by atoms with Gasteiger partial charge in [0, 0.05) is 0 Å². The maximum atomic E-state index is 10.7. The van der Waals surface area contributed by atoms with Crippen molar-refractivity contribution in [2.24, 2.45) is 11.8 Å². The van der Waals surface area contributed by atoms with Gasteiger partial charge in [-0.05, 0) is 24.7 Å². The zero-order valence-corrected chi connectivity index (χ0v) is 9.33. The lowest BCUT2D eigenvalue weighted by Crippen LogP contribution is -2.20. The summed E-state index contributed by atoms with van der Waals surface area (Å²) in [6, 6.07) is 0. The van der Waals surface area contributed by atoms with Crippen LogP contribution in [0, 0.1) is 11.8 Å². The topological polar surface area (TPSA) is 54.4 Å². The van der Waals surface area contributed by atoms with E-state index >= 15 is 0 Å². The molecule has 0 aliphatic heterocycles. The molecule has 1 atom stereocenters. The molecule has 0 radical (unpaired) electrons. The Morgan fingerprint density at radius 2 is 1.71 bits per heavy atom. The summed E-state index contributed by atoms with van der Waals surface area (Å²) in [6.07, 6.45) is 4.99. The largest absolute Gasteiger partial charge is 0.286 e. The van der Waals surface area contributed by atoms with Crippen LogP contribution in [0.15, 0.2) is 25.3 Å². The van der Waals surface area contributed by atoms with E-state index in [0.717, 1.165) is 12.8 Å². The van der Waals surface area contributed by atoms with Gasteiger partial charge >= 0.3 is 0 Å². The number of hydrogen-bond acceptors (Lipinski definition) is 2. The Hall–Kier alpha value is -0.610. The molecule has 0 aliphatic carbocycles. The van der Waals surface area contributed by atoms with Crippen molar-refractivity contribution in [3.63, 3.8) is 0 Å². The Bertz CT molecular complexity index is 270. The van der Waals surface area contributed by atoms with E-state index in [2.05, 4.69) is 13.2 Å². The molecule has 0 aromatic carbocycles. The molecule has 4 heteroatoms. The molecule has 0 bridgehead atoms. The minimum absolute atomic E-state index is 0.0824. The minimum atomic E-state index is -3.87. The van der Waals surface area contributed by atoms with Crippen LogP contribution in [0.3, 0.4) is 0 Å². The molecular weight excluding hydrogens is 200 g/mol. The van der Waals surface area contributed by atoms with Crippen LogP contribution in [0.2, 0.25) is 0 Å². The standard InChI is InChI=1S/C10H18O3S/c1-4-6-10(7-5-2)9(3)8-14(11,12)13/h4-5,9-10H,1-2,6-8H2,3H3,(H,11,12,13). The maximum Gasteiger partial charge on any atom is 0.265 e. The zero-order chi connectivity index (χ0) is 11.2. The van der Waals surface area contributed by atoms with Gasteiger partial charge in [0.15, 0.2) is 0 Å². The predicted molar refractivity (Wildman–Crippen MR) is 58.7 cm³/mol. The Morgan fingerprint density at radius 3 is 2.00 bits per heavy atom. The third-order valence-corrected chi connectivity index (χ3v) is 3.16. The summed E-state index contributed by atoms with van der Waals surface area (Å²) in [4.78, 5) is 0. The van der Waals surface area contributed by atoms with E-state index in [-0.39, 0.29) is 17.6 Å². The molecule has 0 aromatic heterocycles. The van der Waals surface area contributed by atoms with Crippen LogP contribution in [0.5, 0.6) is 0 Å². The van der Waals surface area contributed by atoms with Gasteiger partial charge < -0.3 is 0 Å². The second kappa shape index (κ2) is 5.98. The Kier molecular flexibility index (Phi) is 5.72. The highest BCUT2D eigenvalue weighted by Gasteiger charge is 2.20. The van der Waals surface area contributed by atoms with Gasteiger partial charge in [0.05, 0.1) is 5.75 Å². The Balaban J connectivity index is 4.34. The summed E-state index contributed by atoms with van der Waals surface area (Å²) >= 11 is 0. The lowest BCUT2D eigenvalue weighted by Gasteiger charge is -2.19. The summed E-state index contributed by atoms with van der Waals surface area (Å²) < 4.78 is 30.0. The fourth-order valence-corrected chi connectivity index (χ4v) is 2.39. The van der Waals surface area contributed by atoms with Gasteiger partial charge in [0.1, 0.15) is 0 Å². The van der Waals surface area contributed by atoms with Crippen LogP contribution >= 0.6 is 0 Å². The molecule has 3 nitrogen and oxygen atoms in total. The first kappa shape index (κ1) is 13.4. The summed E-state index contributed by atoms with van der Waals surface area (Å²) in [5.41, 5.74) is 0. The Labute approximate surface area is 86.3 Å². The van der Waals surface area contributed by atoms with Crippen LogP contribution in [0.4, 0.5) is 0 Å². The van der Waals surface area contributed by atoms with Crippen LogP contribution in [0.1, 0.15) is 19.8 Å². The van der Waals surface area contributed by atoms with E-state index in [9.17, 15) is 8.42 Å². The number of hydrogen-bond donors (Lipinski definition) is 1. The van der Waals surface area contributed by atoms with Crippen molar-refractivity contribution >= 4 is 10.1 Å². The van der Waals surface area contributed by atoms with E-state index in [1.165, 1.54) is 0 Å². The van der Waals surface area contributed by atoms with E-state index in [4.69, 9.17) is 4.55 Å². The predicted octanol–water partition coefficient (Wildman–Crippen LogP) is 2.28. The van der Waals surface area contributed by atoms with E-state index in [0.29, 0.717) is 0 Å². The SMILES string of the molecule is C=CCC(CC=C)C(C)CS(=O)(=O)O. The minimum Gasteiger partial charge on any atom is -0.286 e. The second-order valence-corrected chi connectivity index (χ2v) is 5.03. The smallest absolute Gasteiger partial charge is 0.265 e. The molecule has 0 amide bonds. The van der Waals surface area contributed by atoms with Gasteiger partial charge in [-0.25, -0.2) is 0 Å². The third-order valence-electron chi connectivity index (χ3n) is 2.22. The lowest BCUT2D eigenvalue weighted by atomic mass is 9.89. The molecule has 0 rings (SSSR count). The van der Waals surface area contributed by atoms with Gasteiger partial charge in [-0.15, -0.1) is 13.2 Å². The molecule has 0 spiro atoms. The molecule has 14 heavy (non-hydrogen) atoms. The van der Waals surface area contributed by atoms with Crippen molar-refractivity contribution in [2.45, 2.75) is 19.8 Å². The lowest BCUT2D eigenvalue weighted by molar-refractivity contribution is 0.379. The molecule has 82 valence electrons. The van der Waals surface area contributed by atoms with Crippen LogP contribution in [-0.2, 0) is 10.1 Å². The first-order chi connectivity index (χ1) is 6.40. The van der Waals surface area contributed by atoms with Gasteiger partial charge in [-0.2, -0.15) is 8.42 Å². The molecule has 0 saturated heterocycles. The van der Waals surface area contributed by atoms with Crippen molar-refractivity contribution in [1.29, 1.82) is 0 Å². The summed E-state index contributed by atoms with van der Waals surface area (Å²) in [5.74, 6) is -0.0905. The number of allylic oxidation sites excluding steroid dienone is 2. The molecule has 0 fully saturated rings. The average molecular weight is 218 g/mol. The molecular formula is C10H18O3S. The first-order valence-corrected chi connectivity index (χ1v) is 6.18. The second-order valence-electron chi connectivity index (χ2n) is 3.53. The molecule has 1 unspecified atom stereocenters. The van der Waals surface area contributed by atoms with Gasteiger partial charge in [-0.1, -0.05) is 19.1 Å². The van der Waals surface area contributed by atoms with Gasteiger partial charge in [-0.3, -0.25) is 4.55 Å². The van der Waals surface area contributed by atoms with Gasteiger partial charge in [0.25, 0.3) is 10.1 Å². The van der Waals surface area contributed by atoms with Crippen molar-refractivity contribution in [3.8, 4) is 0 Å². The molecule has 0 aromatic rings. The summed E-state index contributed by atoms with van der Waals surface area (Å²) in [6.45, 7) is 9.04. The Morgan fingerprint density at radius 1 is 1.29 bits per heavy atom. The van der Waals surface area contributed by atoms with Crippen molar-refractivity contribution in [3.05, 3.63) is 25.3 Å². The molecule has 0 aliphatic rings. The molecule has 1 N–H and O–H groups in total. The highest BCUT2D eigenvalue weighted by molar-refractivity contribution is 7.85. The zero-order valence-electron chi connectivity index (χ0n) is 8.52. The normalized spacial score (nSPS) is 13.9. The van der Waals surface area contributed by atoms with E-state index in [1.807, 2.05) is 6.92 Å². The van der Waals surface area contributed by atoms with Crippen molar-refractivity contribution in [1.82, 2.24) is 0 Å². The number of rotatable bonds is 7. The van der Waals surface area contributed by atoms with Crippen LogP contribution in [0.25, 0.3) is 0 Å². The fourth-order valence-electron chi connectivity index (χ4n) is 1.46. The van der Waals surface area contributed by atoms with E-state index < -0.39 is 10.1 Å². The highest BCUT2D eigenvalue weighted by Crippen LogP contribution is 2.21. The quantitative estimate of drug-likeness (QED) is 0.527. The summed E-state index contributed by atoms with van der Waals surface area (Å²) in [5, 5.41) is 0. The maximum absolute atomic E-state index is 10.7. The third kappa shape index (κ3) is 5.94. The van der Waals surface area contributed by atoms with Crippen LogP contribution < -0.4 is 0 Å². The average Bonchev–Trinajstić information content (AvgIpc) is 2.01. The van der Waals surface area contributed by atoms with E-state index in [1.54, 1.807) is 12.2 Å². The molecule has 0 saturated carbocycles. The first-order valence-electron chi connectivity index (χ1n) is 4.57. The van der Waals surface area contributed by atoms with Crippen LogP contribution in [-0.4, -0.2) is 18.7 Å². The molecule has 0 heterocycles. The van der Waals surface area contributed by atoms with Crippen molar-refractivity contribution < 1.29 is 13.0 Å². The highest BCUT2D eigenvalue weighted by atomic mass is 32.2. The van der Waals surface area contributed by atoms with Gasteiger partial charge in [0.2, 0.25) is 0 Å². The monoisotopic (exact) mass is 218 g/mol. The summed E-state index contributed by atoms with van der Waals surface area (Å²) in [7, 11) is -3.87. The van der Waals surface area contributed by atoms with Crippen molar-refractivity contribution in [2.75, 3.05) is 5.75 Å².